The van der Waals surface area contributed by atoms with Gasteiger partial charge in [-0.2, -0.15) is 0 Å². The maximum Gasteiger partial charge on any atom is 0.391 e. The molecule has 26 heavy (non-hydrogen) atoms. The van der Waals surface area contributed by atoms with E-state index in [0.717, 1.165) is 0 Å². The minimum atomic E-state index is -1.87. The van der Waals surface area contributed by atoms with Gasteiger partial charge in [0.15, 0.2) is 0 Å². The Balaban J connectivity index is 1.92. The molecule has 134 valence electrons. The second kappa shape index (κ2) is 5.96. The van der Waals surface area contributed by atoms with Crippen LogP contribution in [-0.2, 0) is 9.53 Å². The molecule has 2 aliphatic heterocycles. The number of methoxy groups -OCH3 is 1. The molecule has 0 saturated carbocycles. The molecule has 1 saturated heterocycles. The molecule has 7 nitrogen and oxygen atoms in total. The van der Waals surface area contributed by atoms with Crippen LogP contribution in [0.15, 0.2) is 48.5 Å². The third kappa shape index (κ3) is 2.21. The number of fused-ring (bicyclic) bond motifs is 3. The van der Waals surface area contributed by atoms with Gasteiger partial charge >= 0.3 is 11.7 Å². The molecule has 0 aromatic heterocycles. The summed E-state index contributed by atoms with van der Waals surface area (Å²) in [6.45, 7) is 0. The fourth-order valence-corrected chi connectivity index (χ4v) is 4.15. The Hall–Kier alpha value is -2.64. The van der Waals surface area contributed by atoms with Crippen LogP contribution in [0.5, 0.6) is 5.75 Å². The van der Waals surface area contributed by atoms with Crippen LogP contribution in [-0.4, -0.2) is 29.8 Å². The minimum Gasteiger partial charge on any atom is -0.468 e. The molecule has 2 aliphatic rings. The fraction of sp³-hybridized carbons (Fsp3) is 0.278. The number of carbonyl (C=O) groups excluding carboxylic acids is 1. The van der Waals surface area contributed by atoms with Crippen molar-refractivity contribution in [1.29, 1.82) is 0 Å². The van der Waals surface area contributed by atoms with E-state index in [9.17, 15) is 14.9 Å². The number of nitrogens with zero attached hydrogens (tertiary/aromatic N) is 1. The van der Waals surface area contributed by atoms with Crippen molar-refractivity contribution in [1.82, 2.24) is 5.32 Å². The molecule has 0 unspecified atom stereocenters. The molecular formula is C18H15ClN2O5. The molecule has 0 radical (unpaired) electrons. The topological polar surface area (TPSA) is 90.7 Å². The molecule has 0 amide bonds. The zero-order chi connectivity index (χ0) is 18.5. The quantitative estimate of drug-likeness (QED) is 0.504. The summed E-state index contributed by atoms with van der Waals surface area (Å²) in [5.74, 6) is -1.01. The fourth-order valence-electron chi connectivity index (χ4n) is 3.95. The van der Waals surface area contributed by atoms with E-state index in [1.165, 1.54) is 7.11 Å². The van der Waals surface area contributed by atoms with Crippen LogP contribution in [0.25, 0.3) is 0 Å². The van der Waals surface area contributed by atoms with Crippen LogP contribution in [0.2, 0.25) is 5.02 Å². The number of nitrogens with one attached hydrogen (secondary N) is 1. The van der Waals surface area contributed by atoms with E-state index in [4.69, 9.17) is 21.1 Å². The number of carbonyl (C=O) groups is 1. The molecule has 1 fully saturated rings. The number of para-hydroxylation sites is 1. The predicted octanol–water partition coefficient (Wildman–Crippen LogP) is 2.68. The number of hydrogen-bond donors (Lipinski definition) is 1. The van der Waals surface area contributed by atoms with Gasteiger partial charge in [-0.3, -0.25) is 20.2 Å². The van der Waals surface area contributed by atoms with Crippen LogP contribution in [0.3, 0.4) is 0 Å². The van der Waals surface area contributed by atoms with Crippen molar-refractivity contribution >= 4 is 17.6 Å². The molecule has 4 rings (SSSR count). The second-order valence-corrected chi connectivity index (χ2v) is 6.72. The monoisotopic (exact) mass is 374 g/mol. The standard InChI is InChI=1S/C18H15ClN2O5/c1-25-17(22)15-14-12-7-2-3-8-13(12)26-18(14,21(23)24)16(20-15)10-5-4-6-11(19)9-10/h2-9,14-16,20H,1H3/t14-,15-,16-,18-/m0/s1. The highest BCUT2D eigenvalue weighted by molar-refractivity contribution is 6.30. The lowest BCUT2D eigenvalue weighted by atomic mass is 9.84. The summed E-state index contributed by atoms with van der Waals surface area (Å²) in [6, 6.07) is 11.8. The average molecular weight is 375 g/mol. The highest BCUT2D eigenvalue weighted by atomic mass is 35.5. The van der Waals surface area contributed by atoms with Gasteiger partial charge < -0.3 is 9.47 Å². The number of hydrogen-bond acceptors (Lipinski definition) is 6. The average Bonchev–Trinajstić information content (AvgIpc) is 3.14. The van der Waals surface area contributed by atoms with Gasteiger partial charge in [0.05, 0.1) is 12.0 Å². The van der Waals surface area contributed by atoms with Crippen molar-refractivity contribution in [3.05, 3.63) is 74.8 Å². The summed E-state index contributed by atoms with van der Waals surface area (Å²) in [6.07, 6.45) is 0. The Morgan fingerprint density at radius 1 is 1.31 bits per heavy atom. The van der Waals surface area contributed by atoms with Crippen molar-refractivity contribution < 1.29 is 19.2 Å². The molecule has 2 heterocycles. The van der Waals surface area contributed by atoms with E-state index in [2.05, 4.69) is 5.32 Å². The van der Waals surface area contributed by atoms with E-state index in [1.54, 1.807) is 48.5 Å². The van der Waals surface area contributed by atoms with Crippen LogP contribution in [0.1, 0.15) is 23.1 Å². The largest absolute Gasteiger partial charge is 0.468 e. The molecule has 0 spiro atoms. The number of nitro groups is 1. The van der Waals surface area contributed by atoms with E-state index in [-0.39, 0.29) is 0 Å². The molecule has 8 heteroatoms. The van der Waals surface area contributed by atoms with Crippen LogP contribution in [0.4, 0.5) is 0 Å². The van der Waals surface area contributed by atoms with Gasteiger partial charge in [-0.1, -0.05) is 41.9 Å². The Morgan fingerprint density at radius 2 is 2.08 bits per heavy atom. The zero-order valence-electron chi connectivity index (χ0n) is 13.7. The van der Waals surface area contributed by atoms with E-state index >= 15 is 0 Å². The Morgan fingerprint density at radius 3 is 2.77 bits per heavy atom. The first-order valence-corrected chi connectivity index (χ1v) is 8.38. The van der Waals surface area contributed by atoms with E-state index in [1.807, 2.05) is 0 Å². The first kappa shape index (κ1) is 16.8. The van der Waals surface area contributed by atoms with Crippen molar-refractivity contribution in [2.75, 3.05) is 7.11 Å². The highest BCUT2D eigenvalue weighted by Crippen LogP contribution is 2.56. The maximum absolute atomic E-state index is 12.4. The second-order valence-electron chi connectivity index (χ2n) is 6.28. The van der Waals surface area contributed by atoms with Crippen molar-refractivity contribution in [2.45, 2.75) is 23.7 Å². The van der Waals surface area contributed by atoms with Gasteiger partial charge in [0.2, 0.25) is 0 Å². The van der Waals surface area contributed by atoms with Gasteiger partial charge in [0, 0.05) is 10.6 Å². The molecule has 2 aromatic rings. The van der Waals surface area contributed by atoms with Crippen molar-refractivity contribution in [2.24, 2.45) is 0 Å². The number of esters is 1. The molecule has 4 atom stereocenters. The van der Waals surface area contributed by atoms with Gasteiger partial charge in [0.1, 0.15) is 23.8 Å². The van der Waals surface area contributed by atoms with Gasteiger partial charge in [-0.05, 0) is 23.8 Å². The van der Waals surface area contributed by atoms with E-state index < -0.39 is 34.6 Å². The van der Waals surface area contributed by atoms with Crippen LogP contribution >= 0.6 is 11.6 Å². The summed E-state index contributed by atoms with van der Waals surface area (Å²) in [4.78, 5) is 24.2. The predicted molar refractivity (Wildman–Crippen MR) is 92.7 cm³/mol. The van der Waals surface area contributed by atoms with Crippen LogP contribution in [0, 0.1) is 10.1 Å². The summed E-state index contributed by atoms with van der Waals surface area (Å²) in [5, 5.41) is 15.7. The molecule has 1 N–H and O–H groups in total. The van der Waals surface area contributed by atoms with Gasteiger partial charge in [-0.25, -0.2) is 0 Å². The number of benzene rings is 2. The number of rotatable bonds is 3. The number of ether oxygens (including phenoxy) is 2. The summed E-state index contributed by atoms with van der Waals surface area (Å²) in [5.41, 5.74) is -0.692. The Kier molecular flexibility index (Phi) is 3.86. The maximum atomic E-state index is 12.4. The molecule has 0 bridgehead atoms. The third-order valence-corrected chi connectivity index (χ3v) is 5.22. The van der Waals surface area contributed by atoms with Crippen molar-refractivity contribution in [3.8, 4) is 5.75 Å². The third-order valence-electron chi connectivity index (χ3n) is 4.99. The summed E-state index contributed by atoms with van der Waals surface area (Å²) < 4.78 is 10.8. The number of halogens is 1. The van der Waals surface area contributed by atoms with Crippen LogP contribution < -0.4 is 10.1 Å². The normalized spacial score (nSPS) is 28.8. The highest BCUT2D eigenvalue weighted by Gasteiger charge is 2.73. The summed E-state index contributed by atoms with van der Waals surface area (Å²) >= 11 is 6.08. The minimum absolute atomic E-state index is 0.400. The zero-order valence-corrected chi connectivity index (χ0v) is 14.5. The lowest BCUT2D eigenvalue weighted by Crippen LogP contribution is -2.49. The van der Waals surface area contributed by atoms with E-state index in [0.29, 0.717) is 21.9 Å². The Labute approximate surface area is 154 Å². The smallest absolute Gasteiger partial charge is 0.391 e. The lowest BCUT2D eigenvalue weighted by Gasteiger charge is -2.25. The SMILES string of the molecule is COC(=O)[C@H]1N[C@@H](c2cccc(Cl)c2)[C@@]2([N+](=O)[O-])Oc3ccccc3[C@@H]12. The van der Waals surface area contributed by atoms with Gasteiger partial charge in [0.25, 0.3) is 0 Å². The Bertz CT molecular complexity index is 905. The molecular weight excluding hydrogens is 360 g/mol. The first-order valence-electron chi connectivity index (χ1n) is 8.01. The molecule has 0 aliphatic carbocycles. The van der Waals surface area contributed by atoms with Gasteiger partial charge in [-0.15, -0.1) is 0 Å². The summed E-state index contributed by atoms with van der Waals surface area (Å²) in [7, 11) is 1.26. The first-order chi connectivity index (χ1) is 12.5. The lowest BCUT2D eigenvalue weighted by molar-refractivity contribution is -0.618. The molecule has 2 aromatic carbocycles. The van der Waals surface area contributed by atoms with Crippen molar-refractivity contribution in [3.63, 3.8) is 0 Å².